The lowest BCUT2D eigenvalue weighted by atomic mass is 10.1. The van der Waals surface area contributed by atoms with Crippen molar-refractivity contribution >= 4 is 33.4 Å². The molecule has 1 aromatic rings. The number of nitro benzene ring substituents is 1. The van der Waals surface area contributed by atoms with Crippen molar-refractivity contribution in [1.82, 2.24) is 0 Å². The van der Waals surface area contributed by atoms with E-state index in [-0.39, 0.29) is 42.5 Å². The van der Waals surface area contributed by atoms with Gasteiger partial charge in [-0.3, -0.25) is 24.3 Å². The third-order valence-electron chi connectivity index (χ3n) is 5.05. The summed E-state index contributed by atoms with van der Waals surface area (Å²) in [6.45, 7) is 0.226. The SMILES string of the molecule is O=C(O)CCCCOc1ccc([N+](=O)[O-])cc1NC(=O)CCCCCCCCCCS(=O)(=O)O. The van der Waals surface area contributed by atoms with Crippen molar-refractivity contribution in [3.8, 4) is 5.75 Å². The van der Waals surface area contributed by atoms with Crippen LogP contribution < -0.4 is 10.1 Å². The maximum atomic E-state index is 12.3. The first-order chi connectivity index (χ1) is 16.1. The predicted octanol–water partition coefficient (Wildman–Crippen LogP) is 4.57. The third kappa shape index (κ3) is 14.4. The van der Waals surface area contributed by atoms with E-state index in [4.69, 9.17) is 14.4 Å². The molecule has 0 saturated heterocycles. The number of anilines is 1. The number of carboxylic acids is 1. The molecule has 192 valence electrons. The van der Waals surface area contributed by atoms with Gasteiger partial charge in [0.05, 0.1) is 23.0 Å². The Morgan fingerprint density at radius 3 is 2.12 bits per heavy atom. The van der Waals surface area contributed by atoms with Crippen molar-refractivity contribution in [2.24, 2.45) is 0 Å². The summed E-state index contributed by atoms with van der Waals surface area (Å²) in [5.41, 5.74) is 0.0347. The zero-order valence-electron chi connectivity index (χ0n) is 19.2. The summed E-state index contributed by atoms with van der Waals surface area (Å²) in [7, 11) is -3.88. The Bertz CT molecular complexity index is 904. The number of aliphatic carboxylic acids is 1. The maximum absolute atomic E-state index is 12.3. The number of nitrogens with one attached hydrogen (secondary N) is 1. The molecule has 12 heteroatoms. The largest absolute Gasteiger partial charge is 0.491 e. The van der Waals surface area contributed by atoms with E-state index in [1.54, 1.807) is 0 Å². The van der Waals surface area contributed by atoms with Crippen LogP contribution in [0.4, 0.5) is 11.4 Å². The van der Waals surface area contributed by atoms with Gasteiger partial charge in [-0.25, -0.2) is 0 Å². The van der Waals surface area contributed by atoms with Gasteiger partial charge in [0, 0.05) is 25.0 Å². The second kappa shape index (κ2) is 16.0. The van der Waals surface area contributed by atoms with E-state index in [9.17, 15) is 28.1 Å². The highest BCUT2D eigenvalue weighted by Gasteiger charge is 2.14. The van der Waals surface area contributed by atoms with Gasteiger partial charge in [-0.15, -0.1) is 0 Å². The van der Waals surface area contributed by atoms with Crippen molar-refractivity contribution in [2.75, 3.05) is 17.7 Å². The van der Waals surface area contributed by atoms with E-state index in [0.717, 1.165) is 38.5 Å². The zero-order valence-corrected chi connectivity index (χ0v) is 20.1. The Balaban J connectivity index is 2.35. The molecule has 3 N–H and O–H groups in total. The number of nitrogens with zero attached hydrogens (tertiary/aromatic N) is 1. The maximum Gasteiger partial charge on any atom is 0.303 e. The lowest BCUT2D eigenvalue weighted by Gasteiger charge is -2.12. The summed E-state index contributed by atoms with van der Waals surface area (Å²) in [6, 6.07) is 3.94. The molecule has 1 amide bonds. The van der Waals surface area contributed by atoms with E-state index in [1.807, 2.05) is 0 Å². The number of hydrogen-bond donors (Lipinski definition) is 3. The van der Waals surface area contributed by atoms with Crippen LogP contribution in [0.3, 0.4) is 0 Å². The number of hydrogen-bond acceptors (Lipinski definition) is 7. The Morgan fingerprint density at radius 1 is 0.941 bits per heavy atom. The minimum atomic E-state index is -3.88. The van der Waals surface area contributed by atoms with Crippen LogP contribution in [0, 0.1) is 10.1 Å². The number of amides is 1. The molecule has 0 unspecified atom stereocenters. The fraction of sp³-hybridized carbons (Fsp3) is 0.636. The molecule has 0 bridgehead atoms. The monoisotopic (exact) mass is 502 g/mol. The topological polar surface area (TPSA) is 173 Å². The molecule has 0 aliphatic carbocycles. The molecule has 0 spiro atoms. The van der Waals surface area contributed by atoms with Gasteiger partial charge in [0.15, 0.2) is 0 Å². The number of carbonyl (C=O) groups is 2. The Labute approximate surface area is 199 Å². The van der Waals surface area contributed by atoms with Crippen molar-refractivity contribution in [2.45, 2.75) is 77.0 Å². The highest BCUT2D eigenvalue weighted by atomic mass is 32.2. The van der Waals surface area contributed by atoms with E-state index in [2.05, 4.69) is 5.32 Å². The van der Waals surface area contributed by atoms with Crippen molar-refractivity contribution in [3.05, 3.63) is 28.3 Å². The number of carbonyl (C=O) groups excluding carboxylic acids is 1. The smallest absolute Gasteiger partial charge is 0.303 e. The molecule has 0 atom stereocenters. The number of non-ortho nitro benzene ring substituents is 1. The van der Waals surface area contributed by atoms with Crippen LogP contribution in [0.25, 0.3) is 0 Å². The normalized spacial score (nSPS) is 11.2. The molecule has 0 saturated carbocycles. The molecule has 0 fully saturated rings. The number of unbranched alkanes of at least 4 members (excludes halogenated alkanes) is 8. The molecule has 1 aromatic carbocycles. The zero-order chi connectivity index (χ0) is 25.4. The molecule has 0 heterocycles. The first kappa shape index (κ1) is 29.3. The molecular weight excluding hydrogens is 468 g/mol. The predicted molar refractivity (Wildman–Crippen MR) is 127 cm³/mol. The molecular formula is C22H34N2O9S. The van der Waals surface area contributed by atoms with E-state index < -0.39 is 21.0 Å². The van der Waals surface area contributed by atoms with Gasteiger partial charge in [0.2, 0.25) is 5.91 Å². The molecule has 0 aliphatic heterocycles. The highest BCUT2D eigenvalue weighted by Crippen LogP contribution is 2.29. The lowest BCUT2D eigenvalue weighted by Crippen LogP contribution is -2.13. The summed E-state index contributed by atoms with van der Waals surface area (Å²) in [6.07, 6.45) is 7.68. The number of nitro groups is 1. The van der Waals surface area contributed by atoms with E-state index >= 15 is 0 Å². The van der Waals surface area contributed by atoms with Crippen molar-refractivity contribution in [1.29, 1.82) is 0 Å². The fourth-order valence-electron chi connectivity index (χ4n) is 3.26. The Kier molecular flexibility index (Phi) is 13.8. The first-order valence-corrected chi connectivity index (χ1v) is 13.1. The molecule has 34 heavy (non-hydrogen) atoms. The molecule has 0 aromatic heterocycles. The standard InChI is InChI=1S/C22H34N2O9S/c25-21(11-7-5-3-1-2-4-6-10-16-34(30,31)32)23-19-17-18(24(28)29)13-14-20(19)33-15-9-8-12-22(26)27/h13-14,17H,1-12,15-16H2,(H,23,25)(H,26,27)(H,30,31,32). The van der Waals surface area contributed by atoms with Crippen molar-refractivity contribution < 1.29 is 37.3 Å². The number of ether oxygens (including phenoxy) is 1. The summed E-state index contributed by atoms with van der Waals surface area (Å²) < 4.78 is 35.5. The average molecular weight is 503 g/mol. The third-order valence-corrected chi connectivity index (χ3v) is 5.85. The molecule has 1 rings (SSSR count). The summed E-state index contributed by atoms with van der Waals surface area (Å²) in [5, 5.41) is 22.4. The molecule has 11 nitrogen and oxygen atoms in total. The fourth-order valence-corrected chi connectivity index (χ4v) is 3.83. The highest BCUT2D eigenvalue weighted by molar-refractivity contribution is 7.85. The molecule has 0 aliphatic rings. The van der Waals surface area contributed by atoms with Crippen LogP contribution in [0.1, 0.15) is 77.0 Å². The average Bonchev–Trinajstić information content (AvgIpc) is 2.74. The lowest BCUT2D eigenvalue weighted by molar-refractivity contribution is -0.384. The van der Waals surface area contributed by atoms with Crippen LogP contribution in [0.5, 0.6) is 5.75 Å². The van der Waals surface area contributed by atoms with Gasteiger partial charge in [-0.2, -0.15) is 8.42 Å². The van der Waals surface area contributed by atoms with E-state index in [0.29, 0.717) is 31.4 Å². The van der Waals surface area contributed by atoms with Gasteiger partial charge < -0.3 is 15.2 Å². The van der Waals surface area contributed by atoms with Crippen molar-refractivity contribution in [3.63, 3.8) is 0 Å². The second-order valence-corrected chi connectivity index (χ2v) is 9.62. The second-order valence-electron chi connectivity index (χ2n) is 8.05. The van der Waals surface area contributed by atoms with E-state index in [1.165, 1.54) is 18.2 Å². The summed E-state index contributed by atoms with van der Waals surface area (Å²) >= 11 is 0. The summed E-state index contributed by atoms with van der Waals surface area (Å²) in [4.78, 5) is 33.4. The minimum absolute atomic E-state index is 0.0290. The number of benzene rings is 1. The first-order valence-electron chi connectivity index (χ1n) is 11.5. The number of carboxylic acid groups (broad SMARTS) is 1. The summed E-state index contributed by atoms with van der Waals surface area (Å²) in [5.74, 6) is -1.08. The molecule has 0 radical (unpaired) electrons. The quantitative estimate of drug-likeness (QED) is 0.106. The van der Waals surface area contributed by atoms with Crippen LogP contribution in [0.15, 0.2) is 18.2 Å². The minimum Gasteiger partial charge on any atom is -0.491 e. The van der Waals surface area contributed by atoms with Gasteiger partial charge in [-0.1, -0.05) is 38.5 Å². The Morgan fingerprint density at radius 2 is 1.53 bits per heavy atom. The van der Waals surface area contributed by atoms with Crippen LogP contribution in [0.2, 0.25) is 0 Å². The number of rotatable bonds is 19. The van der Waals surface area contributed by atoms with Crippen LogP contribution >= 0.6 is 0 Å². The van der Waals surface area contributed by atoms with Gasteiger partial charge in [0.1, 0.15) is 5.75 Å². The Hall–Kier alpha value is -2.73. The van der Waals surface area contributed by atoms with Gasteiger partial charge >= 0.3 is 5.97 Å². The van der Waals surface area contributed by atoms with Gasteiger partial charge in [-0.05, 0) is 31.7 Å². The van der Waals surface area contributed by atoms with Gasteiger partial charge in [0.25, 0.3) is 15.8 Å². The van der Waals surface area contributed by atoms with Crippen LogP contribution in [-0.2, 0) is 19.7 Å². The van der Waals surface area contributed by atoms with Crippen LogP contribution in [-0.4, -0.2) is 47.2 Å².